The van der Waals surface area contributed by atoms with Crippen molar-refractivity contribution in [1.82, 2.24) is 4.57 Å². The van der Waals surface area contributed by atoms with Gasteiger partial charge in [0.05, 0.1) is 12.1 Å². The maximum Gasteiger partial charge on any atom is 0.319 e. The number of nitrogens with one attached hydrogen (secondary N) is 1. The van der Waals surface area contributed by atoms with Crippen LogP contribution in [0.5, 0.6) is 0 Å². The molecule has 0 atom stereocenters. The van der Waals surface area contributed by atoms with Crippen LogP contribution in [0.3, 0.4) is 0 Å². The van der Waals surface area contributed by atoms with Crippen molar-refractivity contribution in [1.29, 1.82) is 0 Å². The first kappa shape index (κ1) is 25.5. The van der Waals surface area contributed by atoms with Crippen LogP contribution in [0.25, 0.3) is 5.69 Å². The molecule has 0 radical (unpaired) electrons. The lowest BCUT2D eigenvalue weighted by Crippen LogP contribution is -2.33. The van der Waals surface area contributed by atoms with Gasteiger partial charge in [-0.1, -0.05) is 13.8 Å². The van der Waals surface area contributed by atoms with Crippen molar-refractivity contribution in [3.05, 3.63) is 46.3 Å². The van der Waals surface area contributed by atoms with Crippen LogP contribution in [0, 0.1) is 5.41 Å². The Labute approximate surface area is 218 Å². The lowest BCUT2D eigenvalue weighted by atomic mass is 9.75. The van der Waals surface area contributed by atoms with Gasteiger partial charge in [0.15, 0.2) is 5.78 Å². The first-order chi connectivity index (χ1) is 17.7. The van der Waals surface area contributed by atoms with E-state index in [1.54, 1.807) is 6.07 Å². The fourth-order valence-corrected chi connectivity index (χ4v) is 6.49. The molecule has 3 aliphatic carbocycles. The molecule has 1 heterocycles. The van der Waals surface area contributed by atoms with Crippen LogP contribution < -0.4 is 16.8 Å². The number of amides is 1. The summed E-state index contributed by atoms with van der Waals surface area (Å²) in [4.78, 5) is 37.2. The fourth-order valence-electron chi connectivity index (χ4n) is 6.49. The number of nitrogens with zero attached hydrogens (tertiary/aromatic N) is 1. The lowest BCUT2D eigenvalue weighted by molar-refractivity contribution is -0.148. The molecule has 198 valence electrons. The molecular formula is C29H38N4O4. The van der Waals surface area contributed by atoms with E-state index >= 15 is 0 Å². The molecule has 3 aliphatic rings. The molecule has 2 aromatic rings. The molecule has 0 aliphatic heterocycles. The third-order valence-corrected chi connectivity index (χ3v) is 8.16. The first-order valence-corrected chi connectivity index (χ1v) is 13.6. The first-order valence-electron chi connectivity index (χ1n) is 13.6. The molecule has 5 rings (SSSR count). The van der Waals surface area contributed by atoms with E-state index in [4.69, 9.17) is 16.2 Å². The highest BCUT2D eigenvalue weighted by atomic mass is 16.5. The Kier molecular flexibility index (Phi) is 6.88. The summed E-state index contributed by atoms with van der Waals surface area (Å²) in [5, 5.41) is 3.56. The highest BCUT2D eigenvalue weighted by molar-refractivity contribution is 6.01. The Bertz CT molecular complexity index is 1240. The number of carbonyl (C=O) groups is 3. The van der Waals surface area contributed by atoms with E-state index in [0.29, 0.717) is 17.7 Å². The normalized spacial score (nSPS) is 22.6. The van der Waals surface area contributed by atoms with E-state index in [9.17, 15) is 14.4 Å². The standard InChI is InChI=1S/C29H38N4O4/c1-29(2)14-24-27(25(34)15-29)21-5-3-4-6-23(21)33(24)18-9-12-20(28(31)36)22(13-18)32-17-7-10-19(11-8-17)37-26(35)16-30/h9,12-13,17,19,32H,3-8,10-11,14-16,30H2,1-2H3,(H2,31,36). The van der Waals surface area contributed by atoms with Gasteiger partial charge in [-0.3, -0.25) is 14.4 Å². The number of primary amides is 1. The fraction of sp³-hybridized carbons (Fsp3) is 0.552. The van der Waals surface area contributed by atoms with E-state index in [1.165, 1.54) is 11.3 Å². The van der Waals surface area contributed by atoms with Gasteiger partial charge < -0.3 is 26.1 Å². The summed E-state index contributed by atoms with van der Waals surface area (Å²) in [6.45, 7) is 4.21. The number of fused-ring (bicyclic) bond motifs is 3. The Hall–Kier alpha value is -3.13. The highest BCUT2D eigenvalue weighted by Crippen LogP contribution is 2.42. The summed E-state index contributed by atoms with van der Waals surface area (Å²) < 4.78 is 7.70. The maximum atomic E-state index is 13.3. The van der Waals surface area contributed by atoms with Gasteiger partial charge in [0.2, 0.25) is 0 Å². The van der Waals surface area contributed by atoms with Crippen molar-refractivity contribution in [2.75, 3.05) is 11.9 Å². The number of hydrogen-bond acceptors (Lipinski definition) is 6. The quantitative estimate of drug-likeness (QED) is 0.511. The Balaban J connectivity index is 1.48. The minimum Gasteiger partial charge on any atom is -0.461 e. The van der Waals surface area contributed by atoms with E-state index in [-0.39, 0.29) is 35.9 Å². The van der Waals surface area contributed by atoms with Crippen LogP contribution in [0.15, 0.2) is 18.2 Å². The molecule has 0 unspecified atom stereocenters. The van der Waals surface area contributed by atoms with Crippen molar-refractivity contribution in [3.8, 4) is 5.69 Å². The molecular weight excluding hydrogens is 468 g/mol. The van der Waals surface area contributed by atoms with Crippen molar-refractivity contribution < 1.29 is 19.1 Å². The Morgan fingerprint density at radius 1 is 1.08 bits per heavy atom. The molecule has 0 saturated heterocycles. The number of aromatic nitrogens is 1. The molecule has 8 nitrogen and oxygen atoms in total. The van der Waals surface area contributed by atoms with Gasteiger partial charge in [-0.05, 0) is 87.0 Å². The minimum absolute atomic E-state index is 0.0942. The third-order valence-electron chi connectivity index (χ3n) is 8.16. The predicted octanol–water partition coefficient (Wildman–Crippen LogP) is 3.84. The molecule has 1 fully saturated rings. The Morgan fingerprint density at radius 3 is 2.51 bits per heavy atom. The molecule has 1 aromatic carbocycles. The van der Waals surface area contributed by atoms with Gasteiger partial charge in [0.1, 0.15) is 6.10 Å². The number of esters is 1. The number of ketones is 1. The van der Waals surface area contributed by atoms with Gasteiger partial charge >= 0.3 is 5.97 Å². The highest BCUT2D eigenvalue weighted by Gasteiger charge is 2.38. The lowest BCUT2D eigenvalue weighted by Gasteiger charge is -2.31. The number of Topliss-reactive ketones (excluding diaryl/α,β-unsaturated/α-hetero) is 1. The zero-order valence-electron chi connectivity index (χ0n) is 21.9. The number of rotatable bonds is 6. The van der Waals surface area contributed by atoms with Crippen molar-refractivity contribution in [2.24, 2.45) is 16.9 Å². The molecule has 0 spiro atoms. The summed E-state index contributed by atoms with van der Waals surface area (Å²) in [6.07, 6.45) is 8.50. The number of ether oxygens (including phenoxy) is 1. The van der Waals surface area contributed by atoms with Crippen molar-refractivity contribution >= 4 is 23.3 Å². The molecule has 1 saturated carbocycles. The number of hydrogen-bond donors (Lipinski definition) is 3. The summed E-state index contributed by atoms with van der Waals surface area (Å²) in [5.74, 6) is -0.602. The summed E-state index contributed by atoms with van der Waals surface area (Å²) >= 11 is 0. The van der Waals surface area contributed by atoms with E-state index < -0.39 is 5.91 Å². The van der Waals surface area contributed by atoms with Gasteiger partial charge in [-0.2, -0.15) is 0 Å². The third kappa shape index (κ3) is 5.04. The molecule has 0 bridgehead atoms. The Morgan fingerprint density at radius 2 is 1.81 bits per heavy atom. The number of nitrogens with two attached hydrogens (primary N) is 2. The second-order valence-electron chi connectivity index (χ2n) is 11.6. The summed E-state index contributed by atoms with van der Waals surface area (Å²) in [6, 6.07) is 5.90. The number of benzene rings is 1. The topological polar surface area (TPSA) is 129 Å². The van der Waals surface area contributed by atoms with Crippen molar-refractivity contribution in [3.63, 3.8) is 0 Å². The van der Waals surface area contributed by atoms with E-state index in [0.717, 1.165) is 74.7 Å². The molecule has 5 N–H and O–H groups in total. The number of carbonyl (C=O) groups excluding carboxylic acids is 3. The summed E-state index contributed by atoms with van der Waals surface area (Å²) in [7, 11) is 0. The van der Waals surface area contributed by atoms with Gasteiger partial charge in [-0.25, -0.2) is 0 Å². The second kappa shape index (κ2) is 9.97. The van der Waals surface area contributed by atoms with Crippen molar-refractivity contribution in [2.45, 2.75) is 90.2 Å². The van der Waals surface area contributed by atoms with Gasteiger partial charge in [-0.15, -0.1) is 0 Å². The number of anilines is 1. The smallest absolute Gasteiger partial charge is 0.319 e. The molecule has 1 aromatic heterocycles. The summed E-state index contributed by atoms with van der Waals surface area (Å²) in [5.41, 5.74) is 17.7. The van der Waals surface area contributed by atoms with Crippen LogP contribution in [0.2, 0.25) is 0 Å². The average molecular weight is 507 g/mol. The van der Waals surface area contributed by atoms with Crippen LogP contribution in [-0.4, -0.2) is 40.9 Å². The minimum atomic E-state index is -0.479. The average Bonchev–Trinajstić information content (AvgIpc) is 3.18. The SMILES string of the molecule is CC1(C)CC(=O)c2c3c(n(-c4ccc(C(N)=O)c(NC5CCC(OC(=O)CN)CC5)c4)c2C1)CCCC3. The van der Waals surface area contributed by atoms with Gasteiger partial charge in [0.25, 0.3) is 5.91 Å². The van der Waals surface area contributed by atoms with Crippen LogP contribution >= 0.6 is 0 Å². The van der Waals surface area contributed by atoms with Crippen LogP contribution in [-0.2, 0) is 28.8 Å². The molecule has 1 amide bonds. The monoisotopic (exact) mass is 506 g/mol. The largest absolute Gasteiger partial charge is 0.461 e. The van der Waals surface area contributed by atoms with Crippen LogP contribution in [0.4, 0.5) is 5.69 Å². The maximum absolute atomic E-state index is 13.3. The van der Waals surface area contributed by atoms with E-state index in [1.807, 2.05) is 12.1 Å². The zero-order valence-corrected chi connectivity index (χ0v) is 21.9. The second-order valence-corrected chi connectivity index (χ2v) is 11.6. The molecule has 8 heteroatoms. The van der Waals surface area contributed by atoms with Crippen LogP contribution in [0.1, 0.15) is 96.5 Å². The predicted molar refractivity (Wildman–Crippen MR) is 142 cm³/mol. The van der Waals surface area contributed by atoms with Gasteiger partial charge in [0, 0.05) is 40.8 Å². The zero-order chi connectivity index (χ0) is 26.3. The molecule has 37 heavy (non-hydrogen) atoms. The van der Waals surface area contributed by atoms with E-state index in [2.05, 4.69) is 23.7 Å².